The van der Waals surface area contributed by atoms with E-state index in [1.54, 1.807) is 6.07 Å². The van der Waals surface area contributed by atoms with Crippen LogP contribution < -0.4 is 5.73 Å². The lowest BCUT2D eigenvalue weighted by atomic mass is 9.68. The number of rotatable bonds is 5. The summed E-state index contributed by atoms with van der Waals surface area (Å²) in [5.41, 5.74) is 6.23. The molecule has 0 spiro atoms. The van der Waals surface area contributed by atoms with E-state index >= 15 is 0 Å². The number of hydrogen-bond donors (Lipinski definition) is 1. The van der Waals surface area contributed by atoms with Gasteiger partial charge in [-0.25, -0.2) is 4.39 Å². The first-order valence-corrected chi connectivity index (χ1v) is 10.2. The number of carbonyl (C=O) groups is 1. The Morgan fingerprint density at radius 2 is 1.64 bits per heavy atom. The molecule has 0 saturated heterocycles. The molecule has 0 bridgehead atoms. The molecule has 1 aromatic rings. The van der Waals surface area contributed by atoms with E-state index in [-0.39, 0.29) is 5.56 Å². The highest BCUT2D eigenvalue weighted by atomic mass is 19.1. The van der Waals surface area contributed by atoms with E-state index in [9.17, 15) is 9.18 Å². The summed E-state index contributed by atoms with van der Waals surface area (Å²) in [5, 5.41) is 0. The fourth-order valence-corrected chi connectivity index (χ4v) is 5.27. The molecule has 3 rings (SSSR count). The summed E-state index contributed by atoms with van der Waals surface area (Å²) in [6, 6.07) is 4.97. The minimum absolute atomic E-state index is 0.00118. The van der Waals surface area contributed by atoms with Crippen molar-refractivity contribution in [3.05, 3.63) is 35.1 Å². The Morgan fingerprint density at radius 1 is 1.04 bits per heavy atom. The Morgan fingerprint density at radius 3 is 2.16 bits per heavy atom. The zero-order chi connectivity index (χ0) is 17.8. The van der Waals surface area contributed by atoms with Crippen molar-refractivity contribution in [1.29, 1.82) is 0 Å². The SMILES string of the molecule is CCC[C@H]1CC[C@H]([C@H]2CC[C@H](c3ccc(C(N)=O)c(F)c3)CC2)CC1. The van der Waals surface area contributed by atoms with Crippen molar-refractivity contribution >= 4 is 5.91 Å². The highest BCUT2D eigenvalue weighted by Crippen LogP contribution is 2.44. The molecule has 1 aromatic carbocycles. The van der Waals surface area contributed by atoms with Gasteiger partial charge in [0.1, 0.15) is 5.82 Å². The molecule has 0 aliphatic heterocycles. The summed E-state index contributed by atoms with van der Waals surface area (Å²) in [6.45, 7) is 2.30. The number of amides is 1. The van der Waals surface area contributed by atoms with Crippen molar-refractivity contribution in [3.8, 4) is 0 Å². The smallest absolute Gasteiger partial charge is 0.251 e. The average Bonchev–Trinajstić information content (AvgIpc) is 2.62. The monoisotopic (exact) mass is 345 g/mol. The predicted molar refractivity (Wildman–Crippen MR) is 100.0 cm³/mol. The van der Waals surface area contributed by atoms with Crippen LogP contribution >= 0.6 is 0 Å². The Labute approximate surface area is 151 Å². The summed E-state index contributed by atoms with van der Waals surface area (Å²) in [4.78, 5) is 11.2. The van der Waals surface area contributed by atoms with Crippen molar-refractivity contribution in [2.45, 2.75) is 77.0 Å². The lowest BCUT2D eigenvalue weighted by Gasteiger charge is -2.38. The highest BCUT2D eigenvalue weighted by molar-refractivity contribution is 5.93. The van der Waals surface area contributed by atoms with Crippen molar-refractivity contribution in [2.75, 3.05) is 0 Å². The maximum absolute atomic E-state index is 14.0. The van der Waals surface area contributed by atoms with Gasteiger partial charge in [-0.1, -0.05) is 38.7 Å². The molecule has 2 saturated carbocycles. The van der Waals surface area contributed by atoms with Crippen molar-refractivity contribution in [1.82, 2.24) is 0 Å². The standard InChI is InChI=1S/C22H32FNO/c1-2-3-15-4-6-16(7-5-15)17-8-10-18(11-9-17)19-12-13-20(22(24)25)21(23)14-19/h12-18H,2-11H2,1H3,(H2,24,25)/t15-,16-,17-,18-. The van der Waals surface area contributed by atoms with Gasteiger partial charge in [0, 0.05) is 0 Å². The number of carbonyl (C=O) groups excluding carboxylic acids is 1. The van der Waals surface area contributed by atoms with Crippen LogP contribution in [0.3, 0.4) is 0 Å². The minimum Gasteiger partial charge on any atom is -0.366 e. The first kappa shape index (κ1) is 18.4. The molecule has 3 heteroatoms. The number of nitrogens with two attached hydrogens (primary N) is 1. The van der Waals surface area contributed by atoms with Crippen LogP contribution in [0.5, 0.6) is 0 Å². The fourth-order valence-electron chi connectivity index (χ4n) is 5.27. The molecule has 0 unspecified atom stereocenters. The fraction of sp³-hybridized carbons (Fsp3) is 0.682. The number of benzene rings is 1. The average molecular weight is 346 g/mol. The second-order valence-electron chi connectivity index (χ2n) is 8.28. The van der Waals surface area contributed by atoms with Gasteiger partial charge in [-0.3, -0.25) is 4.79 Å². The molecule has 0 aromatic heterocycles. The molecule has 138 valence electrons. The Hall–Kier alpha value is -1.38. The van der Waals surface area contributed by atoms with Crippen LogP contribution in [0.2, 0.25) is 0 Å². The van der Waals surface area contributed by atoms with E-state index in [0.717, 1.165) is 36.2 Å². The first-order chi connectivity index (χ1) is 12.1. The summed E-state index contributed by atoms with van der Waals surface area (Å²) in [6.07, 6.45) is 13.3. The topological polar surface area (TPSA) is 43.1 Å². The summed E-state index contributed by atoms with van der Waals surface area (Å²) in [5.74, 6) is 2.04. The van der Waals surface area contributed by atoms with Crippen LogP contribution in [0.25, 0.3) is 0 Å². The molecule has 25 heavy (non-hydrogen) atoms. The van der Waals surface area contributed by atoms with E-state index in [1.165, 1.54) is 57.4 Å². The molecule has 2 nitrogen and oxygen atoms in total. The maximum Gasteiger partial charge on any atom is 0.251 e. The molecular formula is C22H32FNO. The summed E-state index contributed by atoms with van der Waals surface area (Å²) >= 11 is 0. The minimum atomic E-state index is -0.688. The second kappa shape index (κ2) is 8.33. The third-order valence-electron chi connectivity index (χ3n) is 6.76. The molecule has 1 amide bonds. The van der Waals surface area contributed by atoms with Gasteiger partial charge < -0.3 is 5.73 Å². The van der Waals surface area contributed by atoms with Gasteiger partial charge in [-0.2, -0.15) is 0 Å². The molecule has 2 N–H and O–H groups in total. The largest absolute Gasteiger partial charge is 0.366 e. The Balaban J connectivity index is 1.52. The summed E-state index contributed by atoms with van der Waals surface area (Å²) < 4.78 is 14.0. The molecule has 2 fully saturated rings. The molecule has 0 radical (unpaired) electrons. The van der Waals surface area contributed by atoms with Crippen molar-refractivity contribution < 1.29 is 9.18 Å². The van der Waals surface area contributed by atoms with E-state index < -0.39 is 11.7 Å². The van der Waals surface area contributed by atoms with E-state index in [0.29, 0.717) is 5.92 Å². The zero-order valence-corrected chi connectivity index (χ0v) is 15.5. The van der Waals surface area contributed by atoms with E-state index in [4.69, 9.17) is 5.73 Å². The van der Waals surface area contributed by atoms with Gasteiger partial charge in [0.25, 0.3) is 5.91 Å². The number of hydrogen-bond acceptors (Lipinski definition) is 1. The number of halogens is 1. The Bertz CT molecular complexity index is 584. The Kier molecular flexibility index (Phi) is 6.14. The second-order valence-corrected chi connectivity index (χ2v) is 8.28. The van der Waals surface area contributed by atoms with Gasteiger partial charge >= 0.3 is 0 Å². The molecule has 0 atom stereocenters. The zero-order valence-electron chi connectivity index (χ0n) is 15.5. The third-order valence-corrected chi connectivity index (χ3v) is 6.76. The molecule has 2 aliphatic carbocycles. The van der Waals surface area contributed by atoms with Crippen LogP contribution in [0.15, 0.2) is 18.2 Å². The van der Waals surface area contributed by atoms with Gasteiger partial charge in [0.05, 0.1) is 5.56 Å². The molecular weight excluding hydrogens is 313 g/mol. The quantitative estimate of drug-likeness (QED) is 0.719. The van der Waals surface area contributed by atoms with Gasteiger partial charge in [0.15, 0.2) is 0 Å². The van der Waals surface area contributed by atoms with Crippen LogP contribution in [-0.4, -0.2) is 5.91 Å². The third kappa shape index (κ3) is 4.43. The van der Waals surface area contributed by atoms with Crippen LogP contribution in [0.1, 0.15) is 93.0 Å². The summed E-state index contributed by atoms with van der Waals surface area (Å²) in [7, 11) is 0. The van der Waals surface area contributed by atoms with E-state index in [2.05, 4.69) is 6.92 Å². The molecule has 0 heterocycles. The predicted octanol–water partition coefficient (Wildman–Crippen LogP) is 5.80. The molecule has 2 aliphatic rings. The number of primary amides is 1. The van der Waals surface area contributed by atoms with Gasteiger partial charge in [-0.05, 0) is 79.9 Å². The highest BCUT2D eigenvalue weighted by Gasteiger charge is 2.31. The lowest BCUT2D eigenvalue weighted by molar-refractivity contribution is 0.0996. The van der Waals surface area contributed by atoms with Crippen molar-refractivity contribution in [3.63, 3.8) is 0 Å². The van der Waals surface area contributed by atoms with Crippen molar-refractivity contribution in [2.24, 2.45) is 23.5 Å². The lowest BCUT2D eigenvalue weighted by Crippen LogP contribution is -2.25. The van der Waals surface area contributed by atoms with Gasteiger partial charge in [-0.15, -0.1) is 0 Å². The van der Waals surface area contributed by atoms with Crippen LogP contribution in [0.4, 0.5) is 4.39 Å². The van der Waals surface area contributed by atoms with E-state index in [1.807, 2.05) is 6.07 Å². The normalized spacial score (nSPS) is 30.2. The maximum atomic E-state index is 14.0. The van der Waals surface area contributed by atoms with Crippen LogP contribution in [0, 0.1) is 23.6 Å². The first-order valence-electron chi connectivity index (χ1n) is 10.2. The van der Waals surface area contributed by atoms with Crippen LogP contribution in [-0.2, 0) is 0 Å². The van der Waals surface area contributed by atoms with Gasteiger partial charge in [0.2, 0.25) is 0 Å².